The predicted octanol–water partition coefficient (Wildman–Crippen LogP) is 3.04. The molecule has 1 aromatic carbocycles. The molecular formula is C20H23N3O4. The lowest BCUT2D eigenvalue weighted by Crippen LogP contribution is -2.41. The second-order valence-corrected chi connectivity index (χ2v) is 6.51. The highest BCUT2D eigenvalue weighted by atomic mass is 16.5. The number of carbonyl (C=O) groups excluding carboxylic acids is 3. The Bertz CT molecular complexity index is 836. The van der Waals surface area contributed by atoms with Crippen molar-refractivity contribution in [3.63, 3.8) is 0 Å². The third kappa shape index (κ3) is 5.44. The van der Waals surface area contributed by atoms with Gasteiger partial charge in [0.05, 0.1) is 0 Å². The van der Waals surface area contributed by atoms with Gasteiger partial charge in [0.2, 0.25) is 0 Å². The van der Waals surface area contributed by atoms with E-state index < -0.39 is 24.5 Å². The summed E-state index contributed by atoms with van der Waals surface area (Å²) in [5.41, 5.74) is 2.41. The minimum absolute atomic E-state index is 0.259. The zero-order valence-electron chi connectivity index (χ0n) is 15.0. The summed E-state index contributed by atoms with van der Waals surface area (Å²) >= 11 is 0. The van der Waals surface area contributed by atoms with E-state index in [0.29, 0.717) is 6.54 Å². The lowest BCUT2D eigenvalue weighted by molar-refractivity contribution is -0.123. The molecule has 1 aromatic heterocycles. The standard InChI is InChI=1S/C20H23N3O4/c24-18(23-20(26)21-11-10-14-6-2-1-3-7-14)13-27-19(25)17-12-15-8-4-5-9-16(15)22-17/h4-6,8-9,12,22H,1-3,7,10-11,13H2,(H2,21,23,24,26). The van der Waals surface area contributed by atoms with Crippen LogP contribution >= 0.6 is 0 Å². The van der Waals surface area contributed by atoms with Gasteiger partial charge in [-0.25, -0.2) is 9.59 Å². The summed E-state index contributed by atoms with van der Waals surface area (Å²) in [7, 11) is 0. The predicted molar refractivity (Wildman–Crippen MR) is 101 cm³/mol. The summed E-state index contributed by atoms with van der Waals surface area (Å²) in [6, 6.07) is 8.49. The van der Waals surface area contributed by atoms with E-state index in [0.717, 1.165) is 30.2 Å². The summed E-state index contributed by atoms with van der Waals surface area (Å²) in [5.74, 6) is -1.32. The summed E-state index contributed by atoms with van der Waals surface area (Å²) in [4.78, 5) is 38.4. The van der Waals surface area contributed by atoms with Crippen LogP contribution in [0.25, 0.3) is 10.9 Å². The van der Waals surface area contributed by atoms with Gasteiger partial charge in [-0.1, -0.05) is 29.8 Å². The maximum Gasteiger partial charge on any atom is 0.355 e. The van der Waals surface area contributed by atoms with Gasteiger partial charge in [0.1, 0.15) is 5.69 Å². The van der Waals surface area contributed by atoms with Crippen LogP contribution in [-0.4, -0.2) is 36.0 Å². The van der Waals surface area contributed by atoms with Crippen LogP contribution in [0.15, 0.2) is 42.0 Å². The van der Waals surface area contributed by atoms with E-state index >= 15 is 0 Å². The fraction of sp³-hybridized carbons (Fsp3) is 0.350. The summed E-state index contributed by atoms with van der Waals surface area (Å²) in [5, 5.41) is 5.67. The smallest absolute Gasteiger partial charge is 0.355 e. The van der Waals surface area contributed by atoms with Crippen LogP contribution in [-0.2, 0) is 9.53 Å². The summed E-state index contributed by atoms with van der Waals surface area (Å²) in [6.45, 7) is -0.0490. The van der Waals surface area contributed by atoms with Crippen LogP contribution in [0.1, 0.15) is 42.6 Å². The van der Waals surface area contributed by atoms with E-state index in [1.165, 1.54) is 18.4 Å². The number of carbonyl (C=O) groups is 3. The molecule has 0 saturated heterocycles. The van der Waals surface area contributed by atoms with Crippen molar-refractivity contribution in [2.24, 2.45) is 0 Å². The van der Waals surface area contributed by atoms with Gasteiger partial charge in [-0.2, -0.15) is 0 Å². The molecule has 1 heterocycles. The number of H-pyrrole nitrogens is 1. The number of aromatic amines is 1. The van der Waals surface area contributed by atoms with E-state index in [4.69, 9.17) is 4.74 Å². The Morgan fingerprint density at radius 1 is 1.15 bits per heavy atom. The van der Waals surface area contributed by atoms with Crippen LogP contribution in [0.4, 0.5) is 4.79 Å². The number of para-hydroxylation sites is 1. The Kier molecular flexibility index (Phi) is 6.25. The molecule has 1 aliphatic carbocycles. The lowest BCUT2D eigenvalue weighted by atomic mass is 9.97. The topological polar surface area (TPSA) is 100 Å². The molecule has 3 N–H and O–H groups in total. The number of aromatic nitrogens is 1. The first kappa shape index (κ1) is 18.7. The highest BCUT2D eigenvalue weighted by Crippen LogP contribution is 2.19. The number of imide groups is 1. The van der Waals surface area contributed by atoms with Crippen LogP contribution < -0.4 is 10.6 Å². The summed E-state index contributed by atoms with van der Waals surface area (Å²) in [6.07, 6.45) is 7.60. The van der Waals surface area contributed by atoms with E-state index in [-0.39, 0.29) is 5.69 Å². The van der Waals surface area contributed by atoms with Gasteiger partial charge in [-0.05, 0) is 44.2 Å². The quantitative estimate of drug-likeness (QED) is 0.538. The largest absolute Gasteiger partial charge is 0.451 e. The molecular weight excluding hydrogens is 346 g/mol. The first-order valence-electron chi connectivity index (χ1n) is 9.12. The van der Waals surface area contributed by atoms with Gasteiger partial charge in [-0.3, -0.25) is 10.1 Å². The monoisotopic (exact) mass is 369 g/mol. The van der Waals surface area contributed by atoms with Crippen LogP contribution in [0.3, 0.4) is 0 Å². The number of amides is 3. The van der Waals surface area contributed by atoms with E-state index in [9.17, 15) is 14.4 Å². The molecule has 2 aromatic rings. The molecule has 3 amide bonds. The number of urea groups is 1. The highest BCUT2D eigenvalue weighted by Gasteiger charge is 2.14. The first-order valence-corrected chi connectivity index (χ1v) is 9.12. The molecule has 0 aliphatic heterocycles. The van der Waals surface area contributed by atoms with E-state index in [1.807, 2.05) is 24.3 Å². The van der Waals surface area contributed by atoms with Crippen molar-refractivity contribution in [1.29, 1.82) is 0 Å². The fourth-order valence-electron chi connectivity index (χ4n) is 3.07. The first-order chi connectivity index (χ1) is 13.1. The van der Waals surface area contributed by atoms with Gasteiger partial charge in [0.25, 0.3) is 5.91 Å². The second-order valence-electron chi connectivity index (χ2n) is 6.51. The number of ether oxygens (including phenoxy) is 1. The van der Waals surface area contributed by atoms with Crippen LogP contribution in [0.5, 0.6) is 0 Å². The molecule has 0 fully saturated rings. The Morgan fingerprint density at radius 3 is 2.78 bits per heavy atom. The highest BCUT2D eigenvalue weighted by molar-refractivity contribution is 5.98. The molecule has 0 saturated carbocycles. The normalized spacial score (nSPS) is 13.7. The Morgan fingerprint density at radius 2 is 2.00 bits per heavy atom. The zero-order chi connectivity index (χ0) is 19.1. The number of fused-ring (bicyclic) bond motifs is 1. The Labute approximate surface area is 157 Å². The van der Waals surface area contributed by atoms with Gasteiger partial charge in [-0.15, -0.1) is 0 Å². The molecule has 0 unspecified atom stereocenters. The number of hydrogen-bond donors (Lipinski definition) is 3. The van der Waals surface area contributed by atoms with Gasteiger partial charge >= 0.3 is 12.0 Å². The molecule has 7 heteroatoms. The summed E-state index contributed by atoms with van der Waals surface area (Å²) < 4.78 is 4.95. The van der Waals surface area contributed by atoms with Crippen molar-refractivity contribution in [2.45, 2.75) is 32.1 Å². The molecule has 0 bridgehead atoms. The third-order valence-electron chi connectivity index (χ3n) is 4.45. The number of allylic oxidation sites excluding steroid dienone is 1. The lowest BCUT2D eigenvalue weighted by Gasteiger charge is -2.13. The van der Waals surface area contributed by atoms with Crippen molar-refractivity contribution in [3.8, 4) is 0 Å². The average Bonchev–Trinajstić information content (AvgIpc) is 3.11. The molecule has 1 aliphatic rings. The van der Waals surface area contributed by atoms with Gasteiger partial charge < -0.3 is 15.0 Å². The number of rotatable bonds is 6. The number of benzene rings is 1. The van der Waals surface area contributed by atoms with Crippen molar-refractivity contribution in [3.05, 3.63) is 47.7 Å². The number of hydrogen-bond acceptors (Lipinski definition) is 4. The third-order valence-corrected chi connectivity index (χ3v) is 4.45. The van der Waals surface area contributed by atoms with Gasteiger partial charge in [0.15, 0.2) is 6.61 Å². The van der Waals surface area contributed by atoms with Crippen LogP contribution in [0.2, 0.25) is 0 Å². The van der Waals surface area contributed by atoms with Crippen molar-refractivity contribution < 1.29 is 19.1 Å². The minimum Gasteiger partial charge on any atom is -0.451 e. The zero-order valence-corrected chi connectivity index (χ0v) is 15.0. The Balaban J connectivity index is 1.37. The fourth-order valence-corrected chi connectivity index (χ4v) is 3.07. The molecule has 0 spiro atoms. The SMILES string of the molecule is O=C(COC(=O)c1cc2ccccc2[nH]1)NC(=O)NCCC1=CCCCC1. The molecule has 0 radical (unpaired) electrons. The van der Waals surface area contributed by atoms with Crippen molar-refractivity contribution in [1.82, 2.24) is 15.6 Å². The van der Waals surface area contributed by atoms with E-state index in [1.54, 1.807) is 6.07 Å². The molecule has 142 valence electrons. The van der Waals surface area contributed by atoms with Crippen molar-refractivity contribution >= 4 is 28.8 Å². The number of nitrogens with one attached hydrogen (secondary N) is 3. The van der Waals surface area contributed by atoms with Crippen molar-refractivity contribution in [2.75, 3.05) is 13.2 Å². The van der Waals surface area contributed by atoms with Gasteiger partial charge in [0, 0.05) is 17.4 Å². The molecule has 7 nitrogen and oxygen atoms in total. The Hall–Kier alpha value is -3.09. The van der Waals surface area contributed by atoms with Crippen LogP contribution in [0, 0.1) is 0 Å². The molecule has 3 rings (SSSR count). The maximum atomic E-state index is 12.0. The molecule has 27 heavy (non-hydrogen) atoms. The van der Waals surface area contributed by atoms with E-state index in [2.05, 4.69) is 21.7 Å². The second kappa shape index (κ2) is 9.02. The maximum absolute atomic E-state index is 12.0. The number of esters is 1. The molecule has 0 atom stereocenters. The average molecular weight is 369 g/mol. The minimum atomic E-state index is -0.672.